The summed E-state index contributed by atoms with van der Waals surface area (Å²) in [6, 6.07) is 5.69. The van der Waals surface area contributed by atoms with Crippen LogP contribution in [0.3, 0.4) is 0 Å². The summed E-state index contributed by atoms with van der Waals surface area (Å²) in [5.74, 6) is 0.0967. The maximum Gasteiger partial charge on any atom is 0.172 e. The zero-order valence-corrected chi connectivity index (χ0v) is 10.7. The molecule has 2 aromatic rings. The second-order valence-electron chi connectivity index (χ2n) is 4.24. The molecule has 0 aliphatic rings. The Bertz CT molecular complexity index is 613. The van der Waals surface area contributed by atoms with Gasteiger partial charge in [-0.3, -0.25) is 0 Å². The molecule has 0 aliphatic heterocycles. The molecule has 1 aromatic carbocycles. The maximum atomic E-state index is 8.86. The lowest BCUT2D eigenvalue weighted by molar-refractivity contribution is 0.318. The second-order valence-corrected chi connectivity index (χ2v) is 4.24. The fraction of sp³-hybridized carbons (Fsp3) is 0.231. The topological polar surface area (TPSA) is 76.4 Å². The Morgan fingerprint density at radius 2 is 2.06 bits per heavy atom. The molecule has 0 aliphatic carbocycles. The van der Waals surface area contributed by atoms with Crippen molar-refractivity contribution >= 4 is 5.84 Å². The van der Waals surface area contributed by atoms with E-state index in [2.05, 4.69) is 10.1 Å². The molecule has 1 heterocycles. The van der Waals surface area contributed by atoms with E-state index in [-0.39, 0.29) is 5.84 Å². The summed E-state index contributed by atoms with van der Waals surface area (Å²) >= 11 is 0. The fourth-order valence-electron chi connectivity index (χ4n) is 1.96. The lowest BCUT2D eigenvalue weighted by Crippen LogP contribution is -2.17. The number of aryl methyl sites for hydroxylation is 2. The molecule has 0 radical (unpaired) electrons. The molecule has 0 amide bonds. The second kappa shape index (κ2) is 4.52. The summed E-state index contributed by atoms with van der Waals surface area (Å²) in [4.78, 5) is 4.28. The molecular weight excluding hydrogens is 228 g/mol. The Kier molecular flexibility index (Phi) is 3.06. The molecule has 5 heteroatoms. The molecule has 0 saturated heterocycles. The predicted octanol–water partition coefficient (Wildman–Crippen LogP) is 1.89. The van der Waals surface area contributed by atoms with Crippen molar-refractivity contribution in [3.8, 4) is 5.69 Å². The Hall–Kier alpha value is -2.30. The number of nitrogens with two attached hydrogens (primary N) is 1. The molecule has 0 bridgehead atoms. The number of oxime groups is 1. The highest BCUT2D eigenvalue weighted by atomic mass is 16.4. The Morgan fingerprint density at radius 1 is 1.33 bits per heavy atom. The van der Waals surface area contributed by atoms with Crippen molar-refractivity contribution in [1.29, 1.82) is 0 Å². The minimum atomic E-state index is 0.0967. The lowest BCUT2D eigenvalue weighted by atomic mass is 10.1. The number of hydrogen-bond acceptors (Lipinski definition) is 3. The van der Waals surface area contributed by atoms with E-state index in [4.69, 9.17) is 10.9 Å². The van der Waals surface area contributed by atoms with Crippen LogP contribution in [0, 0.1) is 20.8 Å². The summed E-state index contributed by atoms with van der Waals surface area (Å²) in [6.07, 6.45) is 1.75. The molecule has 0 atom stereocenters. The standard InChI is InChI=1S/C13H16N4O/c1-8-5-4-6-11(13(14)16-18)12(8)17-7-15-9(2)10(17)3/h4-7,18H,1-3H3,(H2,14,16). The minimum absolute atomic E-state index is 0.0967. The minimum Gasteiger partial charge on any atom is -0.409 e. The largest absolute Gasteiger partial charge is 0.409 e. The highest BCUT2D eigenvalue weighted by Gasteiger charge is 2.14. The van der Waals surface area contributed by atoms with E-state index in [1.54, 1.807) is 6.33 Å². The normalized spacial score (nSPS) is 11.8. The van der Waals surface area contributed by atoms with Gasteiger partial charge in [-0.1, -0.05) is 17.3 Å². The number of aromatic nitrogens is 2. The van der Waals surface area contributed by atoms with Crippen LogP contribution in [0.4, 0.5) is 0 Å². The predicted molar refractivity (Wildman–Crippen MR) is 70.3 cm³/mol. The summed E-state index contributed by atoms with van der Waals surface area (Å²) in [7, 11) is 0. The first kappa shape index (κ1) is 12.2. The first-order valence-electron chi connectivity index (χ1n) is 5.64. The number of imidazole rings is 1. The highest BCUT2D eigenvalue weighted by Crippen LogP contribution is 2.22. The van der Waals surface area contributed by atoms with Crippen LogP contribution >= 0.6 is 0 Å². The highest BCUT2D eigenvalue weighted by molar-refractivity contribution is 6.00. The monoisotopic (exact) mass is 244 g/mol. The molecule has 0 saturated carbocycles. The quantitative estimate of drug-likeness (QED) is 0.366. The summed E-state index contributed by atoms with van der Waals surface area (Å²) < 4.78 is 1.96. The third-order valence-corrected chi connectivity index (χ3v) is 3.11. The number of benzene rings is 1. The van der Waals surface area contributed by atoms with Crippen LogP contribution in [0.1, 0.15) is 22.5 Å². The molecule has 0 unspecified atom stereocenters. The van der Waals surface area contributed by atoms with Gasteiger partial charge in [-0.15, -0.1) is 0 Å². The van der Waals surface area contributed by atoms with Gasteiger partial charge in [0.05, 0.1) is 17.7 Å². The Balaban J connectivity index is 2.74. The first-order valence-corrected chi connectivity index (χ1v) is 5.64. The van der Waals surface area contributed by atoms with Gasteiger partial charge in [-0.2, -0.15) is 0 Å². The molecule has 18 heavy (non-hydrogen) atoms. The lowest BCUT2D eigenvalue weighted by Gasteiger charge is -2.14. The van der Waals surface area contributed by atoms with Gasteiger partial charge < -0.3 is 15.5 Å². The third-order valence-electron chi connectivity index (χ3n) is 3.11. The van der Waals surface area contributed by atoms with Crippen molar-refractivity contribution in [2.45, 2.75) is 20.8 Å². The smallest absolute Gasteiger partial charge is 0.172 e. The molecule has 94 valence electrons. The van der Waals surface area contributed by atoms with Crippen molar-refractivity contribution < 1.29 is 5.21 Å². The van der Waals surface area contributed by atoms with E-state index in [1.807, 2.05) is 43.5 Å². The van der Waals surface area contributed by atoms with Crippen LogP contribution in [-0.2, 0) is 0 Å². The van der Waals surface area contributed by atoms with Crippen LogP contribution in [-0.4, -0.2) is 20.6 Å². The van der Waals surface area contributed by atoms with Gasteiger partial charge in [-0.25, -0.2) is 4.98 Å². The van der Waals surface area contributed by atoms with Crippen molar-refractivity contribution in [2.75, 3.05) is 0 Å². The SMILES string of the molecule is Cc1cccc(/C(N)=N/O)c1-n1cnc(C)c1C. The van der Waals surface area contributed by atoms with Crippen LogP contribution in [0.5, 0.6) is 0 Å². The van der Waals surface area contributed by atoms with Crippen molar-refractivity contribution in [1.82, 2.24) is 9.55 Å². The van der Waals surface area contributed by atoms with E-state index in [0.29, 0.717) is 5.56 Å². The maximum absolute atomic E-state index is 8.86. The zero-order valence-electron chi connectivity index (χ0n) is 10.7. The molecule has 5 nitrogen and oxygen atoms in total. The molecular formula is C13H16N4O. The molecule has 1 aromatic heterocycles. The third kappa shape index (κ3) is 1.84. The van der Waals surface area contributed by atoms with E-state index in [9.17, 15) is 0 Å². The van der Waals surface area contributed by atoms with Gasteiger partial charge in [0.25, 0.3) is 0 Å². The number of nitrogens with zero attached hydrogens (tertiary/aromatic N) is 3. The average molecular weight is 244 g/mol. The van der Waals surface area contributed by atoms with Crippen molar-refractivity contribution in [3.05, 3.63) is 47.0 Å². The number of para-hydroxylation sites is 1. The molecule has 3 N–H and O–H groups in total. The molecule has 0 fully saturated rings. The number of amidine groups is 1. The van der Waals surface area contributed by atoms with E-state index >= 15 is 0 Å². The van der Waals surface area contributed by atoms with Gasteiger partial charge in [0.1, 0.15) is 0 Å². The van der Waals surface area contributed by atoms with E-state index < -0.39 is 0 Å². The van der Waals surface area contributed by atoms with Gasteiger partial charge in [0, 0.05) is 11.3 Å². The van der Waals surface area contributed by atoms with Crippen LogP contribution < -0.4 is 5.73 Å². The average Bonchev–Trinajstić information content (AvgIpc) is 2.69. The van der Waals surface area contributed by atoms with E-state index in [1.165, 1.54) is 0 Å². The van der Waals surface area contributed by atoms with Gasteiger partial charge in [-0.05, 0) is 32.4 Å². The van der Waals surface area contributed by atoms with Crippen molar-refractivity contribution in [3.63, 3.8) is 0 Å². The summed E-state index contributed by atoms with van der Waals surface area (Å²) in [5, 5.41) is 11.9. The van der Waals surface area contributed by atoms with Gasteiger partial charge >= 0.3 is 0 Å². The van der Waals surface area contributed by atoms with Crippen molar-refractivity contribution in [2.24, 2.45) is 10.9 Å². The van der Waals surface area contributed by atoms with Gasteiger partial charge in [0.15, 0.2) is 5.84 Å². The van der Waals surface area contributed by atoms with Crippen LogP contribution in [0.2, 0.25) is 0 Å². The van der Waals surface area contributed by atoms with Gasteiger partial charge in [0.2, 0.25) is 0 Å². The molecule has 2 rings (SSSR count). The van der Waals surface area contributed by atoms with Crippen LogP contribution in [0.25, 0.3) is 5.69 Å². The van der Waals surface area contributed by atoms with Crippen LogP contribution in [0.15, 0.2) is 29.7 Å². The first-order chi connectivity index (χ1) is 8.56. The zero-order chi connectivity index (χ0) is 13.3. The fourth-order valence-corrected chi connectivity index (χ4v) is 1.96. The summed E-state index contributed by atoms with van der Waals surface area (Å²) in [6.45, 7) is 5.93. The van der Waals surface area contributed by atoms with E-state index in [0.717, 1.165) is 22.6 Å². The Labute approximate surface area is 106 Å². The molecule has 0 spiro atoms. The number of hydrogen-bond donors (Lipinski definition) is 2. The number of rotatable bonds is 2. The summed E-state index contributed by atoms with van der Waals surface area (Å²) in [5.41, 5.74) is 10.4. The Morgan fingerprint density at radius 3 is 2.61 bits per heavy atom.